The summed E-state index contributed by atoms with van der Waals surface area (Å²) in [5.74, 6) is 1.24. The molecule has 1 aliphatic carbocycles. The van der Waals surface area contributed by atoms with Crippen molar-refractivity contribution in [3.05, 3.63) is 22.4 Å². The lowest BCUT2D eigenvalue weighted by Crippen LogP contribution is -2.18. The normalized spacial score (nSPS) is 17.1. The first-order chi connectivity index (χ1) is 6.84. The third kappa shape index (κ3) is 0.982. The van der Waals surface area contributed by atoms with E-state index in [0.29, 0.717) is 17.0 Å². The molecule has 3 rings (SSSR count). The quantitative estimate of drug-likeness (QED) is 0.702. The second-order valence-electron chi connectivity index (χ2n) is 3.71. The first-order valence-electron chi connectivity index (χ1n) is 4.78. The van der Waals surface area contributed by atoms with Gasteiger partial charge in [-0.3, -0.25) is 9.89 Å². The van der Waals surface area contributed by atoms with E-state index in [9.17, 15) is 4.79 Å². The fourth-order valence-corrected chi connectivity index (χ4v) is 1.74. The van der Waals surface area contributed by atoms with Gasteiger partial charge in [-0.15, -0.1) is 0 Å². The molecule has 0 amide bonds. The third-order valence-electron chi connectivity index (χ3n) is 2.83. The standard InChI is InChI=1S/C9H10N4O/c14-9-6-4-10-13-8(6)11-7(12-9)5-2-1-3-5/h4-5H,1-3H2,(H2,10,11,12,13,14). The molecule has 2 N–H and O–H groups in total. The van der Waals surface area contributed by atoms with Crippen LogP contribution in [0.1, 0.15) is 31.0 Å². The molecule has 5 heteroatoms. The molecule has 2 aromatic rings. The van der Waals surface area contributed by atoms with Crippen molar-refractivity contribution in [3.8, 4) is 0 Å². The van der Waals surface area contributed by atoms with Crippen LogP contribution in [0.2, 0.25) is 0 Å². The highest BCUT2D eigenvalue weighted by atomic mass is 16.1. The summed E-state index contributed by atoms with van der Waals surface area (Å²) in [5.41, 5.74) is 0.501. The molecule has 0 aromatic carbocycles. The summed E-state index contributed by atoms with van der Waals surface area (Å²) < 4.78 is 0. The van der Waals surface area contributed by atoms with Crippen molar-refractivity contribution in [2.24, 2.45) is 0 Å². The zero-order valence-electron chi connectivity index (χ0n) is 7.58. The lowest BCUT2D eigenvalue weighted by Gasteiger charge is -2.23. The van der Waals surface area contributed by atoms with Gasteiger partial charge in [-0.1, -0.05) is 6.42 Å². The van der Waals surface area contributed by atoms with Gasteiger partial charge in [0.1, 0.15) is 11.2 Å². The Bertz CT molecular complexity index is 523. The van der Waals surface area contributed by atoms with Crippen LogP contribution in [-0.4, -0.2) is 20.2 Å². The van der Waals surface area contributed by atoms with Crippen molar-refractivity contribution in [1.29, 1.82) is 0 Å². The molecule has 0 bridgehead atoms. The molecule has 0 aliphatic heterocycles. The molecular formula is C9H10N4O. The van der Waals surface area contributed by atoms with Crippen LogP contribution in [0.4, 0.5) is 0 Å². The average molecular weight is 190 g/mol. The molecular weight excluding hydrogens is 180 g/mol. The number of aromatic nitrogens is 4. The SMILES string of the molecule is O=c1[nH]c(C2CCC2)nc2[nH]ncc12. The summed E-state index contributed by atoms with van der Waals surface area (Å²) in [7, 11) is 0. The summed E-state index contributed by atoms with van der Waals surface area (Å²) in [6, 6.07) is 0. The van der Waals surface area contributed by atoms with E-state index in [-0.39, 0.29) is 5.56 Å². The third-order valence-corrected chi connectivity index (χ3v) is 2.83. The van der Waals surface area contributed by atoms with Crippen LogP contribution in [0.25, 0.3) is 11.0 Å². The Hall–Kier alpha value is -1.65. The van der Waals surface area contributed by atoms with Crippen LogP contribution >= 0.6 is 0 Å². The number of hydrogen-bond acceptors (Lipinski definition) is 3. The molecule has 0 unspecified atom stereocenters. The van der Waals surface area contributed by atoms with Gasteiger partial charge < -0.3 is 4.98 Å². The Balaban J connectivity index is 2.21. The van der Waals surface area contributed by atoms with E-state index in [4.69, 9.17) is 0 Å². The minimum atomic E-state index is -0.0920. The van der Waals surface area contributed by atoms with Crippen LogP contribution in [0.3, 0.4) is 0 Å². The Labute approximate surface area is 79.6 Å². The van der Waals surface area contributed by atoms with Crippen molar-refractivity contribution < 1.29 is 0 Å². The topological polar surface area (TPSA) is 74.4 Å². The summed E-state index contributed by atoms with van der Waals surface area (Å²) in [4.78, 5) is 18.7. The van der Waals surface area contributed by atoms with Gasteiger partial charge in [-0.2, -0.15) is 5.10 Å². The summed E-state index contributed by atoms with van der Waals surface area (Å²) >= 11 is 0. The fourth-order valence-electron chi connectivity index (χ4n) is 1.74. The molecule has 14 heavy (non-hydrogen) atoms. The maximum Gasteiger partial charge on any atom is 0.262 e. The van der Waals surface area contributed by atoms with Crippen molar-refractivity contribution >= 4 is 11.0 Å². The smallest absolute Gasteiger partial charge is 0.262 e. The van der Waals surface area contributed by atoms with Crippen LogP contribution in [0.15, 0.2) is 11.0 Å². The van der Waals surface area contributed by atoms with Gasteiger partial charge in [0.2, 0.25) is 0 Å². The van der Waals surface area contributed by atoms with E-state index >= 15 is 0 Å². The van der Waals surface area contributed by atoms with Crippen LogP contribution < -0.4 is 5.56 Å². The molecule has 0 radical (unpaired) electrons. The monoisotopic (exact) mass is 190 g/mol. The molecule has 2 heterocycles. The molecule has 5 nitrogen and oxygen atoms in total. The van der Waals surface area contributed by atoms with E-state index in [1.165, 1.54) is 12.6 Å². The van der Waals surface area contributed by atoms with E-state index in [2.05, 4.69) is 20.2 Å². The first kappa shape index (κ1) is 7.73. The van der Waals surface area contributed by atoms with Crippen LogP contribution in [0.5, 0.6) is 0 Å². The average Bonchev–Trinajstić information content (AvgIpc) is 2.48. The van der Waals surface area contributed by atoms with Gasteiger partial charge in [0, 0.05) is 5.92 Å². The number of H-pyrrole nitrogens is 2. The van der Waals surface area contributed by atoms with E-state index < -0.39 is 0 Å². The molecule has 1 aliphatic rings. The van der Waals surface area contributed by atoms with E-state index in [1.54, 1.807) is 0 Å². The minimum Gasteiger partial charge on any atom is -0.310 e. The number of nitrogens with zero attached hydrogens (tertiary/aromatic N) is 2. The van der Waals surface area contributed by atoms with Crippen molar-refractivity contribution in [2.45, 2.75) is 25.2 Å². The molecule has 72 valence electrons. The fraction of sp³-hybridized carbons (Fsp3) is 0.444. The predicted octanol–water partition coefficient (Wildman–Crippen LogP) is 0.914. The van der Waals surface area contributed by atoms with Crippen molar-refractivity contribution in [2.75, 3.05) is 0 Å². The van der Waals surface area contributed by atoms with Gasteiger partial charge in [0.25, 0.3) is 5.56 Å². The highest BCUT2D eigenvalue weighted by Crippen LogP contribution is 2.33. The summed E-state index contributed by atoms with van der Waals surface area (Å²) in [6.07, 6.45) is 4.99. The van der Waals surface area contributed by atoms with Crippen LogP contribution in [0, 0.1) is 0 Å². The Morgan fingerprint density at radius 1 is 1.43 bits per heavy atom. The lowest BCUT2D eigenvalue weighted by molar-refractivity contribution is 0.401. The number of nitrogens with one attached hydrogen (secondary N) is 2. The molecule has 1 saturated carbocycles. The summed E-state index contributed by atoms with van der Waals surface area (Å²) in [6.45, 7) is 0. The molecule has 0 spiro atoms. The molecule has 1 fully saturated rings. The molecule has 2 aromatic heterocycles. The summed E-state index contributed by atoms with van der Waals surface area (Å²) in [5, 5.41) is 7.06. The van der Waals surface area contributed by atoms with Gasteiger partial charge in [0.05, 0.1) is 6.20 Å². The number of aromatic amines is 2. The van der Waals surface area contributed by atoms with E-state index in [1.807, 2.05) is 0 Å². The van der Waals surface area contributed by atoms with Gasteiger partial charge in [0.15, 0.2) is 5.65 Å². The first-order valence-corrected chi connectivity index (χ1v) is 4.78. The highest BCUT2D eigenvalue weighted by molar-refractivity contribution is 5.72. The lowest BCUT2D eigenvalue weighted by atomic mass is 9.85. The second-order valence-corrected chi connectivity index (χ2v) is 3.71. The zero-order valence-corrected chi connectivity index (χ0v) is 7.58. The Morgan fingerprint density at radius 3 is 3.00 bits per heavy atom. The number of fused-ring (bicyclic) bond motifs is 1. The van der Waals surface area contributed by atoms with Crippen molar-refractivity contribution in [3.63, 3.8) is 0 Å². The minimum absolute atomic E-state index is 0.0920. The maximum absolute atomic E-state index is 11.5. The maximum atomic E-state index is 11.5. The highest BCUT2D eigenvalue weighted by Gasteiger charge is 2.22. The zero-order chi connectivity index (χ0) is 9.54. The van der Waals surface area contributed by atoms with Gasteiger partial charge in [-0.25, -0.2) is 4.98 Å². The predicted molar refractivity (Wildman–Crippen MR) is 51.1 cm³/mol. The number of rotatable bonds is 1. The van der Waals surface area contributed by atoms with Gasteiger partial charge in [-0.05, 0) is 12.8 Å². The molecule has 0 saturated heterocycles. The largest absolute Gasteiger partial charge is 0.310 e. The molecule has 0 atom stereocenters. The van der Waals surface area contributed by atoms with Crippen LogP contribution in [-0.2, 0) is 0 Å². The Morgan fingerprint density at radius 2 is 2.29 bits per heavy atom. The van der Waals surface area contributed by atoms with Gasteiger partial charge >= 0.3 is 0 Å². The van der Waals surface area contributed by atoms with Crippen molar-refractivity contribution in [1.82, 2.24) is 20.2 Å². The van der Waals surface area contributed by atoms with E-state index in [0.717, 1.165) is 18.7 Å². The number of hydrogen-bond donors (Lipinski definition) is 2. The second kappa shape index (κ2) is 2.67. The Kier molecular flexibility index (Phi) is 1.47.